The molecule has 1 atom stereocenters. The van der Waals surface area contributed by atoms with E-state index < -0.39 is 11.6 Å². The van der Waals surface area contributed by atoms with Crippen molar-refractivity contribution in [2.24, 2.45) is 17.6 Å². The van der Waals surface area contributed by atoms with Crippen LogP contribution < -0.4 is 5.73 Å². The average Bonchev–Trinajstić information content (AvgIpc) is 2.31. The predicted octanol–water partition coefficient (Wildman–Crippen LogP) is 2.70. The van der Waals surface area contributed by atoms with Crippen LogP contribution in [0.15, 0.2) is 18.2 Å². The third-order valence-corrected chi connectivity index (χ3v) is 2.89. The molecule has 1 rings (SSSR count). The molecule has 0 bridgehead atoms. The first-order valence-electron chi connectivity index (χ1n) is 6.11. The third kappa shape index (κ3) is 3.88. The van der Waals surface area contributed by atoms with Gasteiger partial charge in [0.25, 0.3) is 0 Å². The molecular weight excluding hydrogens is 236 g/mol. The SMILES string of the molecule is CC(C)CC(CN)C(=O)Cc1cccc(F)c1F. The van der Waals surface area contributed by atoms with E-state index in [2.05, 4.69) is 0 Å². The van der Waals surface area contributed by atoms with Crippen molar-refractivity contribution < 1.29 is 13.6 Å². The van der Waals surface area contributed by atoms with Crippen LogP contribution in [0.4, 0.5) is 8.78 Å². The molecule has 0 fully saturated rings. The molecule has 2 N–H and O–H groups in total. The lowest BCUT2D eigenvalue weighted by Crippen LogP contribution is -2.27. The van der Waals surface area contributed by atoms with Crippen molar-refractivity contribution in [3.05, 3.63) is 35.4 Å². The Bertz CT molecular complexity index is 418. The smallest absolute Gasteiger partial charge is 0.162 e. The highest BCUT2D eigenvalue weighted by Crippen LogP contribution is 2.17. The van der Waals surface area contributed by atoms with Gasteiger partial charge in [0.2, 0.25) is 0 Å². The summed E-state index contributed by atoms with van der Waals surface area (Å²) in [6.45, 7) is 4.24. The maximum absolute atomic E-state index is 13.4. The first kappa shape index (κ1) is 14.8. The van der Waals surface area contributed by atoms with Gasteiger partial charge < -0.3 is 5.73 Å². The van der Waals surface area contributed by atoms with Crippen LogP contribution in [0.3, 0.4) is 0 Å². The summed E-state index contributed by atoms with van der Waals surface area (Å²) in [6, 6.07) is 3.87. The Morgan fingerprint density at radius 3 is 2.56 bits per heavy atom. The van der Waals surface area contributed by atoms with Crippen molar-refractivity contribution in [1.29, 1.82) is 0 Å². The van der Waals surface area contributed by atoms with Crippen LogP contribution in [-0.2, 0) is 11.2 Å². The van der Waals surface area contributed by atoms with Crippen LogP contribution in [0.2, 0.25) is 0 Å². The molecule has 0 aliphatic rings. The zero-order valence-electron chi connectivity index (χ0n) is 10.7. The van der Waals surface area contributed by atoms with Gasteiger partial charge in [-0.3, -0.25) is 4.79 Å². The van der Waals surface area contributed by atoms with Crippen molar-refractivity contribution in [3.63, 3.8) is 0 Å². The van der Waals surface area contributed by atoms with Crippen LogP contribution >= 0.6 is 0 Å². The minimum Gasteiger partial charge on any atom is -0.330 e. The molecule has 1 aromatic rings. The number of ketones is 1. The van der Waals surface area contributed by atoms with Crippen LogP contribution in [0.5, 0.6) is 0 Å². The topological polar surface area (TPSA) is 43.1 Å². The van der Waals surface area contributed by atoms with Gasteiger partial charge in [-0.2, -0.15) is 0 Å². The van der Waals surface area contributed by atoms with Gasteiger partial charge >= 0.3 is 0 Å². The molecule has 2 nitrogen and oxygen atoms in total. The van der Waals surface area contributed by atoms with Crippen molar-refractivity contribution in [3.8, 4) is 0 Å². The largest absolute Gasteiger partial charge is 0.330 e. The highest BCUT2D eigenvalue weighted by molar-refractivity contribution is 5.83. The van der Waals surface area contributed by atoms with Gasteiger partial charge in [0.1, 0.15) is 5.78 Å². The number of hydrogen-bond donors (Lipinski definition) is 1. The van der Waals surface area contributed by atoms with E-state index in [0.29, 0.717) is 12.3 Å². The number of nitrogens with two attached hydrogens (primary N) is 1. The molecule has 0 amide bonds. The molecule has 0 saturated heterocycles. The highest BCUT2D eigenvalue weighted by atomic mass is 19.2. The Morgan fingerprint density at radius 1 is 1.33 bits per heavy atom. The van der Waals surface area contributed by atoms with E-state index >= 15 is 0 Å². The maximum atomic E-state index is 13.4. The molecule has 0 radical (unpaired) electrons. The number of benzene rings is 1. The van der Waals surface area contributed by atoms with Crippen LogP contribution in [-0.4, -0.2) is 12.3 Å². The highest BCUT2D eigenvalue weighted by Gasteiger charge is 2.20. The summed E-state index contributed by atoms with van der Waals surface area (Å²) >= 11 is 0. The first-order chi connectivity index (χ1) is 8.45. The Labute approximate surface area is 106 Å². The van der Waals surface area contributed by atoms with E-state index in [1.807, 2.05) is 13.8 Å². The Hall–Kier alpha value is -1.29. The molecule has 0 spiro atoms. The zero-order chi connectivity index (χ0) is 13.7. The summed E-state index contributed by atoms with van der Waals surface area (Å²) in [5.74, 6) is -1.93. The quantitative estimate of drug-likeness (QED) is 0.849. The molecule has 1 aromatic carbocycles. The van der Waals surface area contributed by atoms with Gasteiger partial charge in [-0.15, -0.1) is 0 Å². The van der Waals surface area contributed by atoms with Crippen LogP contribution in [0.25, 0.3) is 0 Å². The van der Waals surface area contributed by atoms with Crippen molar-refractivity contribution >= 4 is 5.78 Å². The maximum Gasteiger partial charge on any atom is 0.162 e. The molecule has 4 heteroatoms. The van der Waals surface area contributed by atoms with E-state index in [4.69, 9.17) is 5.73 Å². The molecule has 18 heavy (non-hydrogen) atoms. The van der Waals surface area contributed by atoms with E-state index in [-0.39, 0.29) is 30.2 Å². The summed E-state index contributed by atoms with van der Waals surface area (Å²) in [5, 5.41) is 0. The Balaban J connectivity index is 2.77. The monoisotopic (exact) mass is 255 g/mol. The molecule has 0 heterocycles. The number of Topliss-reactive ketones (excluding diaryl/α,β-unsaturated/α-hetero) is 1. The predicted molar refractivity (Wildman–Crippen MR) is 67.1 cm³/mol. The van der Waals surface area contributed by atoms with E-state index in [9.17, 15) is 13.6 Å². The first-order valence-corrected chi connectivity index (χ1v) is 6.11. The fraction of sp³-hybridized carbons (Fsp3) is 0.500. The van der Waals surface area contributed by atoms with Gasteiger partial charge in [0.15, 0.2) is 11.6 Å². The zero-order valence-corrected chi connectivity index (χ0v) is 10.7. The minimum atomic E-state index is -0.939. The number of hydrogen-bond acceptors (Lipinski definition) is 2. The third-order valence-electron chi connectivity index (χ3n) is 2.89. The molecule has 0 aliphatic heterocycles. The normalized spacial score (nSPS) is 12.8. The molecular formula is C14H19F2NO. The second kappa shape index (κ2) is 6.59. The summed E-state index contributed by atoms with van der Waals surface area (Å²) in [4.78, 5) is 12.0. The number of carbonyl (C=O) groups excluding carboxylic acids is 1. The fourth-order valence-electron chi connectivity index (χ4n) is 1.95. The summed E-state index contributed by atoms with van der Waals surface area (Å²) in [7, 11) is 0. The van der Waals surface area contributed by atoms with Gasteiger partial charge in [0.05, 0.1) is 0 Å². The lowest BCUT2D eigenvalue weighted by molar-refractivity contribution is -0.122. The van der Waals surface area contributed by atoms with Crippen LogP contribution in [0, 0.1) is 23.5 Å². The molecule has 0 aromatic heterocycles. The van der Waals surface area contributed by atoms with Crippen LogP contribution in [0.1, 0.15) is 25.8 Å². The standard InChI is InChI=1S/C14H19F2NO/c1-9(2)6-11(8-17)13(18)7-10-4-3-5-12(15)14(10)16/h3-5,9,11H,6-8,17H2,1-2H3. The van der Waals surface area contributed by atoms with Crippen molar-refractivity contribution in [2.75, 3.05) is 6.54 Å². The van der Waals surface area contributed by atoms with Crippen molar-refractivity contribution in [2.45, 2.75) is 26.7 Å². The fourth-order valence-corrected chi connectivity index (χ4v) is 1.95. The summed E-state index contributed by atoms with van der Waals surface area (Å²) < 4.78 is 26.4. The number of rotatable bonds is 6. The lowest BCUT2D eigenvalue weighted by Gasteiger charge is -2.16. The summed E-state index contributed by atoms with van der Waals surface area (Å²) in [6.07, 6.45) is 0.574. The second-order valence-corrected chi connectivity index (χ2v) is 4.92. The molecule has 0 saturated carbocycles. The van der Waals surface area contributed by atoms with E-state index in [1.54, 1.807) is 0 Å². The molecule has 0 aliphatic carbocycles. The molecule has 1 unspecified atom stereocenters. The van der Waals surface area contributed by atoms with E-state index in [0.717, 1.165) is 6.07 Å². The Morgan fingerprint density at radius 2 is 2.00 bits per heavy atom. The van der Waals surface area contributed by atoms with Crippen molar-refractivity contribution in [1.82, 2.24) is 0 Å². The molecule has 100 valence electrons. The summed E-state index contributed by atoms with van der Waals surface area (Å²) in [5.41, 5.74) is 5.65. The Kier molecular flexibility index (Phi) is 5.41. The van der Waals surface area contributed by atoms with Gasteiger partial charge in [-0.25, -0.2) is 8.78 Å². The van der Waals surface area contributed by atoms with Gasteiger partial charge in [-0.05, 0) is 24.0 Å². The lowest BCUT2D eigenvalue weighted by atomic mass is 9.90. The average molecular weight is 255 g/mol. The minimum absolute atomic E-state index is 0.0990. The van der Waals surface area contributed by atoms with Gasteiger partial charge in [-0.1, -0.05) is 26.0 Å². The second-order valence-electron chi connectivity index (χ2n) is 4.92. The number of halogens is 2. The number of carbonyl (C=O) groups is 1. The van der Waals surface area contributed by atoms with Gasteiger partial charge in [0, 0.05) is 18.9 Å². The van der Waals surface area contributed by atoms with E-state index in [1.165, 1.54) is 12.1 Å².